The lowest BCUT2D eigenvalue weighted by molar-refractivity contribution is -0.117. The monoisotopic (exact) mass is 361 g/mol. The first-order chi connectivity index (χ1) is 13.0. The lowest BCUT2D eigenvalue weighted by atomic mass is 9.94. The Hall–Kier alpha value is -3.28. The zero-order valence-corrected chi connectivity index (χ0v) is 15.9. The second kappa shape index (κ2) is 6.46. The molecule has 0 radical (unpaired) electrons. The number of fused-ring (bicyclic) bond motifs is 3. The molecule has 0 unspecified atom stereocenters. The molecule has 0 fully saturated rings. The van der Waals surface area contributed by atoms with Crippen molar-refractivity contribution in [3.05, 3.63) is 65.4 Å². The Morgan fingerprint density at radius 1 is 1.15 bits per heavy atom. The number of nitrogens with zero attached hydrogens (tertiary/aromatic N) is 3. The predicted octanol–water partition coefficient (Wildman–Crippen LogP) is 3.14. The Bertz CT molecular complexity index is 1050. The lowest BCUT2D eigenvalue weighted by Crippen LogP contribution is -2.33. The van der Waals surface area contributed by atoms with Gasteiger partial charge in [0.1, 0.15) is 0 Å². The van der Waals surface area contributed by atoms with E-state index < -0.39 is 0 Å². The van der Waals surface area contributed by atoms with Crippen LogP contribution in [0.4, 0.5) is 11.6 Å². The van der Waals surface area contributed by atoms with E-state index in [2.05, 4.69) is 44.4 Å². The van der Waals surface area contributed by atoms with Crippen molar-refractivity contribution in [2.24, 2.45) is 0 Å². The van der Waals surface area contributed by atoms with Gasteiger partial charge in [-0.15, -0.1) is 0 Å². The third-order valence-electron chi connectivity index (χ3n) is 5.03. The molecule has 2 aromatic carbocycles. The van der Waals surface area contributed by atoms with Gasteiger partial charge in [-0.1, -0.05) is 24.3 Å². The van der Waals surface area contributed by atoms with Gasteiger partial charge in [-0.3, -0.25) is 9.36 Å². The van der Waals surface area contributed by atoms with Crippen molar-refractivity contribution in [2.45, 2.75) is 13.0 Å². The van der Waals surface area contributed by atoms with Crippen molar-refractivity contribution in [2.75, 3.05) is 31.4 Å². The maximum absolute atomic E-state index is 12.8. The Labute approximate surface area is 158 Å². The third kappa shape index (κ3) is 2.73. The van der Waals surface area contributed by atoms with Gasteiger partial charge >= 0.3 is 0 Å². The Morgan fingerprint density at radius 2 is 1.85 bits per heavy atom. The van der Waals surface area contributed by atoms with E-state index in [1.165, 1.54) is 0 Å². The number of anilines is 2. The van der Waals surface area contributed by atoms with E-state index in [0.717, 1.165) is 33.9 Å². The fourth-order valence-corrected chi connectivity index (χ4v) is 3.66. The second-order valence-corrected chi connectivity index (χ2v) is 6.93. The molecule has 6 heteroatoms. The van der Waals surface area contributed by atoms with Crippen molar-refractivity contribution in [1.29, 1.82) is 0 Å². The lowest BCUT2D eigenvalue weighted by Gasteiger charge is -2.30. The predicted molar refractivity (Wildman–Crippen MR) is 109 cm³/mol. The van der Waals surface area contributed by atoms with Crippen molar-refractivity contribution >= 4 is 28.6 Å². The van der Waals surface area contributed by atoms with Gasteiger partial charge in [0.05, 0.1) is 22.6 Å². The normalized spacial score (nSPS) is 16.1. The van der Waals surface area contributed by atoms with E-state index in [-0.39, 0.29) is 11.9 Å². The largest absolute Gasteiger partial charge is 0.378 e. The molecule has 1 aliphatic heterocycles. The average molecular weight is 361 g/mol. The molecule has 3 aromatic rings. The molecule has 27 heavy (non-hydrogen) atoms. The maximum Gasteiger partial charge on any atom is 0.251 e. The number of allylic oxidation sites excluding steroid dienone is 1. The van der Waals surface area contributed by atoms with Gasteiger partial charge in [0.15, 0.2) is 0 Å². The standard InChI is InChI=1S/C21H23N5O/c1-13-18(20(27)22-2)19(14-9-11-15(12-10-14)25(3)4)26-17-8-6-5-7-16(17)24-21(26)23-13/h5-12,19H,1-4H3,(H,22,27)(H,23,24)/t19-/m1/s1. The molecule has 2 N–H and O–H groups in total. The SMILES string of the molecule is CNC(=O)C1=C(C)Nc2nc3ccccc3n2[C@@H]1c1ccc(N(C)C)cc1. The van der Waals surface area contributed by atoms with Crippen molar-refractivity contribution < 1.29 is 4.79 Å². The molecule has 0 spiro atoms. The highest BCUT2D eigenvalue weighted by molar-refractivity contribution is 5.97. The summed E-state index contributed by atoms with van der Waals surface area (Å²) in [6.45, 7) is 1.93. The van der Waals surface area contributed by atoms with E-state index in [0.29, 0.717) is 5.57 Å². The summed E-state index contributed by atoms with van der Waals surface area (Å²) in [6, 6.07) is 16.1. The first-order valence-corrected chi connectivity index (χ1v) is 8.95. The van der Waals surface area contributed by atoms with Crippen LogP contribution in [0.2, 0.25) is 0 Å². The number of amides is 1. The summed E-state index contributed by atoms with van der Waals surface area (Å²) in [7, 11) is 5.69. The molecule has 2 heterocycles. The summed E-state index contributed by atoms with van der Waals surface area (Å²) in [6.07, 6.45) is 0. The molecule has 1 aliphatic rings. The number of likely N-dealkylation sites (N-methyl/N-ethyl adjacent to an activating group) is 1. The summed E-state index contributed by atoms with van der Waals surface area (Å²) in [5.41, 5.74) is 5.58. The van der Waals surface area contributed by atoms with Crippen LogP contribution >= 0.6 is 0 Å². The van der Waals surface area contributed by atoms with E-state index in [1.807, 2.05) is 45.3 Å². The number of hydrogen-bond donors (Lipinski definition) is 2. The highest BCUT2D eigenvalue weighted by Gasteiger charge is 2.33. The number of hydrogen-bond acceptors (Lipinski definition) is 4. The molecule has 1 aromatic heterocycles. The fraction of sp³-hybridized carbons (Fsp3) is 0.238. The van der Waals surface area contributed by atoms with Gasteiger partial charge in [0.2, 0.25) is 5.95 Å². The number of carbonyl (C=O) groups excluding carboxylic acids is 1. The van der Waals surface area contributed by atoms with Crippen molar-refractivity contribution in [3.63, 3.8) is 0 Å². The number of para-hydroxylation sites is 2. The molecule has 0 bridgehead atoms. The molecule has 6 nitrogen and oxygen atoms in total. The van der Waals surface area contributed by atoms with Crippen LogP contribution in [0.3, 0.4) is 0 Å². The Morgan fingerprint density at radius 3 is 2.52 bits per heavy atom. The molecule has 1 amide bonds. The summed E-state index contributed by atoms with van der Waals surface area (Å²) in [5.74, 6) is 0.660. The van der Waals surface area contributed by atoms with E-state index in [4.69, 9.17) is 4.98 Å². The number of carbonyl (C=O) groups is 1. The number of nitrogens with one attached hydrogen (secondary N) is 2. The molecule has 4 rings (SSSR count). The Balaban J connectivity index is 1.95. The molecular weight excluding hydrogens is 338 g/mol. The van der Waals surface area contributed by atoms with Crippen molar-refractivity contribution in [3.8, 4) is 0 Å². The molecule has 0 aliphatic carbocycles. The van der Waals surface area contributed by atoms with Crippen LogP contribution in [0, 0.1) is 0 Å². The molecule has 0 saturated heterocycles. The summed E-state index contributed by atoms with van der Waals surface area (Å²) in [5, 5.41) is 6.09. The van der Waals surface area contributed by atoms with E-state index in [1.54, 1.807) is 7.05 Å². The average Bonchev–Trinajstić information content (AvgIpc) is 3.04. The van der Waals surface area contributed by atoms with E-state index >= 15 is 0 Å². The number of benzene rings is 2. The van der Waals surface area contributed by atoms with Crippen LogP contribution in [0.1, 0.15) is 18.5 Å². The van der Waals surface area contributed by atoms with E-state index in [9.17, 15) is 4.79 Å². The van der Waals surface area contributed by atoms with Gasteiger partial charge < -0.3 is 15.5 Å². The second-order valence-electron chi connectivity index (χ2n) is 6.93. The number of rotatable bonds is 3. The zero-order valence-electron chi connectivity index (χ0n) is 15.9. The summed E-state index contributed by atoms with van der Waals surface area (Å²) >= 11 is 0. The molecule has 138 valence electrons. The van der Waals surface area contributed by atoms with Crippen LogP contribution in [-0.2, 0) is 4.79 Å². The van der Waals surface area contributed by atoms with Gasteiger partial charge in [-0.25, -0.2) is 4.98 Å². The Kier molecular flexibility index (Phi) is 4.11. The molecule has 0 saturated carbocycles. The van der Waals surface area contributed by atoms with Crippen molar-refractivity contribution in [1.82, 2.24) is 14.9 Å². The highest BCUT2D eigenvalue weighted by Crippen LogP contribution is 2.39. The maximum atomic E-state index is 12.8. The minimum Gasteiger partial charge on any atom is -0.378 e. The minimum absolute atomic E-state index is 0.0925. The smallest absolute Gasteiger partial charge is 0.251 e. The topological polar surface area (TPSA) is 62.2 Å². The minimum atomic E-state index is -0.246. The van der Waals surface area contributed by atoms with Gasteiger partial charge in [-0.05, 0) is 36.8 Å². The first kappa shape index (κ1) is 17.1. The quantitative estimate of drug-likeness (QED) is 0.752. The van der Waals surface area contributed by atoms with Gasteiger partial charge in [-0.2, -0.15) is 0 Å². The van der Waals surface area contributed by atoms with Crippen LogP contribution in [0.25, 0.3) is 11.0 Å². The summed E-state index contributed by atoms with van der Waals surface area (Å²) < 4.78 is 2.11. The number of imidazole rings is 1. The van der Waals surface area contributed by atoms with Crippen LogP contribution in [0.5, 0.6) is 0 Å². The third-order valence-corrected chi connectivity index (χ3v) is 5.03. The van der Waals surface area contributed by atoms with Crippen LogP contribution in [0.15, 0.2) is 59.8 Å². The highest BCUT2D eigenvalue weighted by atomic mass is 16.1. The first-order valence-electron chi connectivity index (χ1n) is 8.95. The fourth-order valence-electron chi connectivity index (χ4n) is 3.66. The van der Waals surface area contributed by atoms with Gasteiger partial charge in [0, 0.05) is 32.5 Å². The zero-order chi connectivity index (χ0) is 19.1. The van der Waals surface area contributed by atoms with Gasteiger partial charge in [0.25, 0.3) is 5.91 Å². The molecular formula is C21H23N5O. The summed E-state index contributed by atoms with van der Waals surface area (Å²) in [4.78, 5) is 19.5. The van der Waals surface area contributed by atoms with Crippen LogP contribution in [-0.4, -0.2) is 36.6 Å². The van der Waals surface area contributed by atoms with Crippen LogP contribution < -0.4 is 15.5 Å². The number of aromatic nitrogens is 2. The molecule has 1 atom stereocenters.